The number of rotatable bonds is 6. The van der Waals surface area contributed by atoms with Gasteiger partial charge < -0.3 is 14.8 Å². The fraction of sp³-hybridized carbons (Fsp3) is 0.538. The molecule has 104 valence electrons. The first-order chi connectivity index (χ1) is 9.05. The van der Waals surface area contributed by atoms with Crippen molar-refractivity contribution in [3.05, 3.63) is 11.4 Å². The fourth-order valence-electron chi connectivity index (χ4n) is 1.55. The number of methoxy groups -OCH3 is 1. The molecule has 0 amide bonds. The third-order valence-electron chi connectivity index (χ3n) is 3.01. The number of anilines is 1. The zero-order chi connectivity index (χ0) is 13.9. The predicted molar refractivity (Wildman–Crippen MR) is 78.2 cm³/mol. The number of thiophene rings is 1. The molecule has 0 bridgehead atoms. The maximum absolute atomic E-state index is 5.79. The molecule has 2 rings (SSSR count). The largest absolute Gasteiger partial charge is 0.477 e. The predicted octanol–water partition coefficient (Wildman–Crippen LogP) is 2.93. The van der Waals surface area contributed by atoms with E-state index in [1.165, 1.54) is 0 Å². The highest BCUT2D eigenvalue weighted by Gasteiger charge is 2.17. The average molecular weight is 281 g/mol. The average Bonchev–Trinajstić information content (AvgIpc) is 2.86. The highest BCUT2D eigenvalue weighted by molar-refractivity contribution is 7.16. The van der Waals surface area contributed by atoms with Gasteiger partial charge in [-0.2, -0.15) is 4.98 Å². The number of ether oxygens (including phenoxy) is 2. The zero-order valence-corrected chi connectivity index (χ0v) is 12.5. The van der Waals surface area contributed by atoms with Crippen molar-refractivity contribution in [2.75, 3.05) is 26.1 Å². The van der Waals surface area contributed by atoms with Gasteiger partial charge in [-0.05, 0) is 25.3 Å². The van der Waals surface area contributed by atoms with Gasteiger partial charge in [-0.15, -0.1) is 11.3 Å². The number of nitrogens with one attached hydrogen (secondary N) is 1. The van der Waals surface area contributed by atoms with E-state index >= 15 is 0 Å². The van der Waals surface area contributed by atoms with Crippen LogP contribution < -0.4 is 10.1 Å². The van der Waals surface area contributed by atoms with Gasteiger partial charge in [-0.1, -0.05) is 0 Å². The second-order valence-electron chi connectivity index (χ2n) is 4.80. The minimum atomic E-state index is -0.188. The normalized spacial score (nSPS) is 11.8. The maximum Gasteiger partial charge on any atom is 0.227 e. The third kappa shape index (κ3) is 3.33. The molecule has 5 nitrogen and oxygen atoms in total. The van der Waals surface area contributed by atoms with Crippen LogP contribution in [0.15, 0.2) is 11.4 Å². The van der Waals surface area contributed by atoms with Gasteiger partial charge in [0.25, 0.3) is 0 Å². The lowest BCUT2D eigenvalue weighted by molar-refractivity contribution is 0.00523. The van der Waals surface area contributed by atoms with Crippen molar-refractivity contribution >= 4 is 27.5 Å². The van der Waals surface area contributed by atoms with Gasteiger partial charge in [-0.3, -0.25) is 0 Å². The van der Waals surface area contributed by atoms with E-state index in [0.29, 0.717) is 18.4 Å². The van der Waals surface area contributed by atoms with Crippen LogP contribution in [0.3, 0.4) is 0 Å². The van der Waals surface area contributed by atoms with Crippen molar-refractivity contribution in [3.63, 3.8) is 0 Å². The van der Waals surface area contributed by atoms with Gasteiger partial charge in [0.2, 0.25) is 11.8 Å². The van der Waals surface area contributed by atoms with Crippen LogP contribution in [0.25, 0.3) is 10.2 Å². The van der Waals surface area contributed by atoms with Gasteiger partial charge in [0, 0.05) is 20.6 Å². The van der Waals surface area contributed by atoms with Crippen molar-refractivity contribution in [2.45, 2.75) is 25.9 Å². The van der Waals surface area contributed by atoms with E-state index in [1.807, 2.05) is 25.3 Å². The van der Waals surface area contributed by atoms with E-state index < -0.39 is 0 Å². The SMILES string of the molecule is CNc1nc(OCCC(C)(C)OC)c2ccsc2n1. The molecule has 0 spiro atoms. The highest BCUT2D eigenvalue weighted by atomic mass is 32.1. The molecule has 0 unspecified atom stereocenters. The van der Waals surface area contributed by atoms with E-state index in [2.05, 4.69) is 15.3 Å². The molecule has 1 N–H and O–H groups in total. The first kappa shape index (κ1) is 14.0. The van der Waals surface area contributed by atoms with Crippen molar-refractivity contribution < 1.29 is 9.47 Å². The molecule has 2 aromatic heterocycles. The van der Waals surface area contributed by atoms with Crippen LogP contribution in [0, 0.1) is 0 Å². The molecule has 0 aliphatic rings. The summed E-state index contributed by atoms with van der Waals surface area (Å²) in [4.78, 5) is 9.67. The Morgan fingerprint density at radius 2 is 2.16 bits per heavy atom. The molecular weight excluding hydrogens is 262 g/mol. The Labute approximate surface area is 117 Å². The molecule has 0 fully saturated rings. The van der Waals surface area contributed by atoms with Gasteiger partial charge in [-0.25, -0.2) is 4.98 Å². The summed E-state index contributed by atoms with van der Waals surface area (Å²) < 4.78 is 11.2. The smallest absolute Gasteiger partial charge is 0.227 e. The Kier molecular flexibility index (Phi) is 4.21. The molecule has 0 aromatic carbocycles. The fourth-order valence-corrected chi connectivity index (χ4v) is 2.30. The Morgan fingerprint density at radius 3 is 2.84 bits per heavy atom. The molecule has 0 saturated heterocycles. The zero-order valence-electron chi connectivity index (χ0n) is 11.7. The summed E-state index contributed by atoms with van der Waals surface area (Å²) >= 11 is 1.58. The van der Waals surface area contributed by atoms with E-state index in [4.69, 9.17) is 9.47 Å². The summed E-state index contributed by atoms with van der Waals surface area (Å²) in [5.74, 6) is 1.21. The molecular formula is C13H19N3O2S. The molecule has 0 aliphatic carbocycles. The van der Waals surface area contributed by atoms with Crippen LogP contribution in [0.2, 0.25) is 0 Å². The van der Waals surface area contributed by atoms with Crippen molar-refractivity contribution in [1.29, 1.82) is 0 Å². The lowest BCUT2D eigenvalue weighted by Crippen LogP contribution is -2.25. The van der Waals surface area contributed by atoms with Crippen molar-refractivity contribution in [1.82, 2.24) is 9.97 Å². The first-order valence-corrected chi connectivity index (χ1v) is 7.04. The van der Waals surface area contributed by atoms with Gasteiger partial charge >= 0.3 is 0 Å². The molecule has 19 heavy (non-hydrogen) atoms. The summed E-state index contributed by atoms with van der Waals surface area (Å²) in [6, 6.07) is 1.98. The summed E-state index contributed by atoms with van der Waals surface area (Å²) in [6.45, 7) is 4.64. The number of aromatic nitrogens is 2. The number of fused-ring (bicyclic) bond motifs is 1. The second kappa shape index (κ2) is 5.71. The van der Waals surface area contributed by atoms with Gasteiger partial charge in [0.1, 0.15) is 4.83 Å². The molecule has 0 radical (unpaired) electrons. The first-order valence-electron chi connectivity index (χ1n) is 6.16. The molecule has 2 aromatic rings. The Bertz CT molecular complexity index is 554. The standard InChI is InChI=1S/C13H19N3O2S/c1-13(2,17-4)6-7-18-10-9-5-8-19-11(9)16-12(14-3)15-10/h5,8H,6-7H2,1-4H3,(H,14,15,16). The minimum absolute atomic E-state index is 0.188. The van der Waals surface area contributed by atoms with E-state index in [9.17, 15) is 0 Å². The third-order valence-corrected chi connectivity index (χ3v) is 3.82. The number of hydrogen-bond donors (Lipinski definition) is 1. The van der Waals surface area contributed by atoms with Crippen LogP contribution in [-0.4, -0.2) is 36.3 Å². The van der Waals surface area contributed by atoms with Gasteiger partial charge in [0.15, 0.2) is 0 Å². The van der Waals surface area contributed by atoms with E-state index in [0.717, 1.165) is 16.6 Å². The van der Waals surface area contributed by atoms with Crippen LogP contribution in [-0.2, 0) is 4.74 Å². The molecule has 0 atom stereocenters. The lowest BCUT2D eigenvalue weighted by Gasteiger charge is -2.22. The van der Waals surface area contributed by atoms with Crippen LogP contribution in [0.1, 0.15) is 20.3 Å². The summed E-state index contributed by atoms with van der Waals surface area (Å²) in [5.41, 5.74) is -0.188. The molecule has 2 heterocycles. The summed E-state index contributed by atoms with van der Waals surface area (Å²) in [5, 5.41) is 5.90. The maximum atomic E-state index is 5.79. The summed E-state index contributed by atoms with van der Waals surface area (Å²) in [6.07, 6.45) is 0.800. The molecule has 0 aliphatic heterocycles. The van der Waals surface area contributed by atoms with Crippen LogP contribution >= 0.6 is 11.3 Å². The minimum Gasteiger partial charge on any atom is -0.477 e. The van der Waals surface area contributed by atoms with E-state index in [-0.39, 0.29) is 5.60 Å². The van der Waals surface area contributed by atoms with E-state index in [1.54, 1.807) is 25.5 Å². The number of hydrogen-bond acceptors (Lipinski definition) is 6. The quantitative estimate of drug-likeness (QED) is 0.882. The Morgan fingerprint density at radius 1 is 1.37 bits per heavy atom. The monoisotopic (exact) mass is 281 g/mol. The van der Waals surface area contributed by atoms with Crippen LogP contribution in [0.5, 0.6) is 5.88 Å². The Balaban J connectivity index is 2.13. The molecule has 0 saturated carbocycles. The Hall–Kier alpha value is -1.40. The highest BCUT2D eigenvalue weighted by Crippen LogP contribution is 2.28. The van der Waals surface area contributed by atoms with Crippen molar-refractivity contribution in [3.8, 4) is 5.88 Å². The van der Waals surface area contributed by atoms with Crippen LogP contribution in [0.4, 0.5) is 5.95 Å². The number of nitrogens with zero attached hydrogens (tertiary/aromatic N) is 2. The topological polar surface area (TPSA) is 56.3 Å². The molecule has 6 heteroatoms. The van der Waals surface area contributed by atoms with Gasteiger partial charge in [0.05, 0.1) is 17.6 Å². The lowest BCUT2D eigenvalue weighted by atomic mass is 10.1. The second-order valence-corrected chi connectivity index (χ2v) is 5.70. The summed E-state index contributed by atoms with van der Waals surface area (Å²) in [7, 11) is 3.51. The van der Waals surface area contributed by atoms with Crippen molar-refractivity contribution in [2.24, 2.45) is 0 Å².